The topological polar surface area (TPSA) is 308 Å². The van der Waals surface area contributed by atoms with Gasteiger partial charge >= 0.3 is 32.0 Å². The van der Waals surface area contributed by atoms with Crippen molar-refractivity contribution >= 4 is 49.0 Å². The van der Waals surface area contributed by atoms with Crippen LogP contribution < -0.4 is 11.5 Å². The monoisotopic (exact) mass is 576 g/mol. The smallest absolute Gasteiger partial charge is 0.450 e. The number of phosphoric ester groups is 2. The van der Waals surface area contributed by atoms with Gasteiger partial charge in [0.25, 0.3) is 0 Å². The van der Waals surface area contributed by atoms with Crippen LogP contribution in [0.25, 0.3) is 11.2 Å². The molecular weight excluding hydrogens is 558 g/mol. The van der Waals surface area contributed by atoms with Gasteiger partial charge in [-0.15, -0.1) is 3.97 Å². The fourth-order valence-electron chi connectivity index (χ4n) is 3.04. The van der Waals surface area contributed by atoms with Crippen LogP contribution in [-0.2, 0) is 46.8 Å². The molecule has 0 aliphatic carbocycles. The van der Waals surface area contributed by atoms with Crippen LogP contribution in [0.15, 0.2) is 24.9 Å². The van der Waals surface area contributed by atoms with E-state index in [0.717, 1.165) is 17.2 Å². The third-order valence-electron chi connectivity index (χ3n) is 4.30. The minimum Gasteiger partial charge on any atom is -0.450 e. The fraction of sp³-hybridized carbons (Fsp3) is 0.385. The number of rotatable bonds is 10. The molecule has 0 radical (unpaired) electrons. The lowest BCUT2D eigenvalue weighted by molar-refractivity contribution is -0.153. The van der Waals surface area contributed by atoms with Crippen LogP contribution in [0.5, 0.6) is 0 Å². The molecule has 8 N–H and O–H groups in total. The second kappa shape index (κ2) is 10.1. The molecule has 0 saturated carbocycles. The van der Waals surface area contributed by atoms with Crippen molar-refractivity contribution in [3.05, 3.63) is 24.9 Å². The zero-order valence-corrected chi connectivity index (χ0v) is 20.1. The van der Waals surface area contributed by atoms with Crippen molar-refractivity contribution in [2.75, 3.05) is 12.3 Å². The van der Waals surface area contributed by atoms with Gasteiger partial charge < -0.3 is 35.6 Å². The van der Waals surface area contributed by atoms with E-state index in [1.807, 2.05) is 0 Å². The zero-order chi connectivity index (χ0) is 27.1. The summed E-state index contributed by atoms with van der Waals surface area (Å²) in [4.78, 5) is 52.1. The third kappa shape index (κ3) is 6.81. The quantitative estimate of drug-likeness (QED) is 0.0778. The number of esters is 1. The number of anilines is 1. The molecular formula is C13H18N6O14P2S. The van der Waals surface area contributed by atoms with E-state index < -0.39 is 68.9 Å². The van der Waals surface area contributed by atoms with E-state index >= 15 is 0 Å². The number of nitrogen functional groups attached to an aromatic ring is 1. The van der Waals surface area contributed by atoms with Gasteiger partial charge in [-0.1, -0.05) is 6.58 Å². The highest BCUT2D eigenvalue weighted by atomic mass is 32.3. The van der Waals surface area contributed by atoms with Crippen molar-refractivity contribution in [1.29, 1.82) is 0 Å². The summed E-state index contributed by atoms with van der Waals surface area (Å²) in [5.41, 5.74) is 10.5. The highest BCUT2D eigenvalue weighted by Crippen LogP contribution is 2.48. The van der Waals surface area contributed by atoms with Crippen molar-refractivity contribution in [2.45, 2.75) is 24.5 Å². The second-order valence-electron chi connectivity index (χ2n) is 6.87. The van der Waals surface area contributed by atoms with E-state index in [1.165, 1.54) is 0 Å². The Morgan fingerprint density at radius 1 is 1.22 bits per heavy atom. The van der Waals surface area contributed by atoms with Gasteiger partial charge in [0, 0.05) is 0 Å². The second-order valence-corrected chi connectivity index (χ2v) is 10.7. The molecule has 2 aromatic rings. The molecule has 0 bridgehead atoms. The summed E-state index contributed by atoms with van der Waals surface area (Å²) < 4.78 is 78.1. The number of hydrogen-bond donors (Lipinski definition) is 6. The van der Waals surface area contributed by atoms with Gasteiger partial charge in [0.15, 0.2) is 23.8 Å². The molecule has 0 aromatic carbocycles. The van der Waals surface area contributed by atoms with Crippen molar-refractivity contribution in [3.8, 4) is 0 Å². The Morgan fingerprint density at radius 3 is 2.47 bits per heavy atom. The number of hydrogen-bond acceptors (Lipinski definition) is 15. The van der Waals surface area contributed by atoms with Gasteiger partial charge in [-0.3, -0.25) is 18.2 Å². The number of nitrogens with zero attached hydrogens (tertiary/aromatic N) is 4. The largest absolute Gasteiger partial charge is 0.488 e. The van der Waals surface area contributed by atoms with E-state index in [4.69, 9.17) is 25.5 Å². The van der Waals surface area contributed by atoms with Crippen LogP contribution in [0.2, 0.25) is 0 Å². The first-order valence-electron chi connectivity index (χ1n) is 9.11. The van der Waals surface area contributed by atoms with E-state index in [-0.39, 0.29) is 17.0 Å². The van der Waals surface area contributed by atoms with Crippen molar-refractivity contribution in [1.82, 2.24) is 19.5 Å². The highest BCUT2D eigenvalue weighted by molar-refractivity contribution is 7.85. The molecule has 200 valence electrons. The fourth-order valence-corrected chi connectivity index (χ4v) is 5.07. The van der Waals surface area contributed by atoms with Crippen LogP contribution in [-0.4, -0.2) is 78.1 Å². The number of ether oxygens (including phenoxy) is 2. The summed E-state index contributed by atoms with van der Waals surface area (Å²) in [7, 11) is -16.3. The minimum atomic E-state index is -5.50. The normalized spacial score (nSPS) is 24.4. The molecule has 3 heterocycles. The van der Waals surface area contributed by atoms with Crippen LogP contribution in [0.1, 0.15) is 6.23 Å². The molecule has 2 aromatic heterocycles. The summed E-state index contributed by atoms with van der Waals surface area (Å²) in [5.74, 6) is -1.32. The van der Waals surface area contributed by atoms with Gasteiger partial charge in [0.2, 0.25) is 0 Å². The number of fused-ring (bicyclic) bond motifs is 1. The summed E-state index contributed by atoms with van der Waals surface area (Å²) >= 11 is 0. The van der Waals surface area contributed by atoms with Gasteiger partial charge in [0.1, 0.15) is 29.7 Å². The number of carbonyl (C=O) groups excluding carboxylic acids is 1. The SMILES string of the molecule is C=C(N)C(=O)O[C@@H]1[C@H](OP(=O)(O)O)[C@@H](COP(=O)(O)OS(=O)(=O)O)O[C@H]1n1cnc2c(N)ncnc21. The Balaban J connectivity index is 2.03. The molecule has 5 atom stereocenters. The van der Waals surface area contributed by atoms with Gasteiger partial charge in [-0.2, -0.15) is 8.42 Å². The molecule has 1 saturated heterocycles. The molecule has 3 rings (SSSR count). The van der Waals surface area contributed by atoms with Crippen molar-refractivity contribution < 1.29 is 64.1 Å². The van der Waals surface area contributed by atoms with Crippen LogP contribution in [0.3, 0.4) is 0 Å². The van der Waals surface area contributed by atoms with E-state index in [2.05, 4.69) is 34.5 Å². The number of nitrogens with two attached hydrogens (primary N) is 2. The average molecular weight is 576 g/mol. The third-order valence-corrected chi connectivity index (χ3v) is 6.80. The van der Waals surface area contributed by atoms with Gasteiger partial charge in [-0.05, 0) is 0 Å². The number of imidazole rings is 1. The lowest BCUT2D eigenvalue weighted by Crippen LogP contribution is -2.39. The van der Waals surface area contributed by atoms with Crippen molar-refractivity contribution in [3.63, 3.8) is 0 Å². The Hall–Kier alpha value is -2.55. The first kappa shape index (κ1) is 28.0. The predicted molar refractivity (Wildman–Crippen MR) is 112 cm³/mol. The maximum Gasteiger partial charge on any atom is 0.488 e. The molecule has 20 nitrogen and oxygen atoms in total. The summed E-state index contributed by atoms with van der Waals surface area (Å²) in [6.07, 6.45) is -4.89. The Morgan fingerprint density at radius 2 is 1.89 bits per heavy atom. The minimum absolute atomic E-state index is 0.000779. The lowest BCUT2D eigenvalue weighted by atomic mass is 10.1. The Bertz CT molecular complexity index is 1380. The summed E-state index contributed by atoms with van der Waals surface area (Å²) in [6.45, 7) is 2.04. The van der Waals surface area contributed by atoms with Crippen molar-refractivity contribution in [2.24, 2.45) is 5.73 Å². The zero-order valence-electron chi connectivity index (χ0n) is 17.5. The molecule has 0 amide bonds. The van der Waals surface area contributed by atoms with Crippen LogP contribution >= 0.6 is 15.6 Å². The first-order valence-corrected chi connectivity index (χ1v) is 13.5. The molecule has 0 spiro atoms. The first-order chi connectivity index (χ1) is 16.5. The number of phosphoric acid groups is 2. The highest BCUT2D eigenvalue weighted by Gasteiger charge is 2.52. The standard InChI is InChI=1S/C13H18N6O14P2S/c1-5(14)13(20)31-9-8(32-34(21,22)23)6(2-29-35(24,25)33-36(26,27)28)30-12(9)19-4-18-7-10(15)16-3-17-11(7)19/h3-4,6,8-9,12H,1-2,14H2,(H,24,25)(H2,15,16,17)(H2,21,22,23)(H,26,27,28)/t6-,8-,9-,12-/m1/s1. The molecule has 23 heteroatoms. The molecule has 1 aliphatic heterocycles. The maximum atomic E-state index is 12.2. The number of carbonyl (C=O) groups is 1. The molecule has 1 aliphatic rings. The lowest BCUT2D eigenvalue weighted by Gasteiger charge is -2.25. The van der Waals surface area contributed by atoms with E-state index in [0.29, 0.717) is 0 Å². The summed E-state index contributed by atoms with van der Waals surface area (Å²) in [6, 6.07) is 0. The van der Waals surface area contributed by atoms with Crippen LogP contribution in [0, 0.1) is 0 Å². The van der Waals surface area contributed by atoms with Gasteiger partial charge in [0.05, 0.1) is 12.9 Å². The maximum absolute atomic E-state index is 12.2. The Labute approximate surface area is 200 Å². The van der Waals surface area contributed by atoms with E-state index in [1.54, 1.807) is 0 Å². The molecule has 1 fully saturated rings. The van der Waals surface area contributed by atoms with E-state index in [9.17, 15) is 37.0 Å². The summed E-state index contributed by atoms with van der Waals surface area (Å²) in [5, 5.41) is 0. The Kier molecular flexibility index (Phi) is 7.84. The van der Waals surface area contributed by atoms with Gasteiger partial charge in [-0.25, -0.2) is 28.9 Å². The number of aromatic nitrogens is 4. The molecule has 1 unspecified atom stereocenters. The average Bonchev–Trinajstić information content (AvgIpc) is 3.26. The predicted octanol–water partition coefficient (Wildman–Crippen LogP) is -1.90. The molecule has 36 heavy (non-hydrogen) atoms. The van der Waals surface area contributed by atoms with Crippen LogP contribution in [0.4, 0.5) is 5.82 Å².